The molecule has 2 N–H and O–H groups in total. The largest absolute Gasteiger partial charge is 0.384 e. The Hall–Kier alpha value is -2.32. The van der Waals surface area contributed by atoms with Crippen molar-refractivity contribution in [3.8, 4) is 11.1 Å². The first kappa shape index (κ1) is 19.0. The summed E-state index contributed by atoms with van der Waals surface area (Å²) >= 11 is 3.16. The Kier molecular flexibility index (Phi) is 5.41. The summed E-state index contributed by atoms with van der Waals surface area (Å²) in [6, 6.07) is 12.1. The second kappa shape index (κ2) is 7.97. The van der Waals surface area contributed by atoms with Crippen molar-refractivity contribution in [1.82, 2.24) is 9.97 Å². The Morgan fingerprint density at radius 3 is 2.68 bits per heavy atom. The topological polar surface area (TPSA) is 67.3 Å². The van der Waals surface area contributed by atoms with E-state index in [1.807, 2.05) is 41.9 Å². The van der Waals surface area contributed by atoms with Crippen LogP contribution in [0.15, 0.2) is 52.5 Å². The predicted molar refractivity (Wildman–Crippen MR) is 116 cm³/mol. The Morgan fingerprint density at radius 1 is 1.14 bits per heavy atom. The fourth-order valence-corrected chi connectivity index (χ4v) is 4.82. The van der Waals surface area contributed by atoms with Crippen LogP contribution in [0.2, 0.25) is 0 Å². The van der Waals surface area contributed by atoms with Crippen molar-refractivity contribution in [2.75, 3.05) is 19.0 Å². The maximum atomic E-state index is 10.9. The number of hydrogen-bond donors (Lipinski definition) is 2. The van der Waals surface area contributed by atoms with E-state index in [9.17, 15) is 5.11 Å². The minimum Gasteiger partial charge on any atom is -0.384 e. The van der Waals surface area contributed by atoms with Crippen molar-refractivity contribution in [3.05, 3.63) is 63.9 Å². The van der Waals surface area contributed by atoms with Gasteiger partial charge >= 0.3 is 0 Å². The molecule has 7 heteroatoms. The first-order valence-corrected chi connectivity index (χ1v) is 10.7. The number of benzene rings is 1. The number of anilines is 1. The molecule has 0 aliphatic rings. The van der Waals surface area contributed by atoms with Crippen molar-refractivity contribution in [3.63, 3.8) is 0 Å². The highest BCUT2D eigenvalue weighted by molar-refractivity contribution is 7.17. The van der Waals surface area contributed by atoms with E-state index in [-0.39, 0.29) is 0 Å². The van der Waals surface area contributed by atoms with Crippen LogP contribution in [0.4, 0.5) is 5.82 Å². The van der Waals surface area contributed by atoms with Crippen LogP contribution in [0.25, 0.3) is 21.3 Å². The van der Waals surface area contributed by atoms with E-state index >= 15 is 0 Å². The van der Waals surface area contributed by atoms with E-state index < -0.39 is 5.60 Å². The lowest BCUT2D eigenvalue weighted by atomic mass is 9.99. The van der Waals surface area contributed by atoms with E-state index in [2.05, 4.69) is 32.8 Å². The molecule has 144 valence electrons. The lowest BCUT2D eigenvalue weighted by Gasteiger charge is -2.23. The minimum absolute atomic E-state index is 0.337. The van der Waals surface area contributed by atoms with Crippen molar-refractivity contribution >= 4 is 38.7 Å². The van der Waals surface area contributed by atoms with Crippen LogP contribution in [0, 0.1) is 0 Å². The molecule has 3 aromatic heterocycles. The van der Waals surface area contributed by atoms with Crippen LogP contribution >= 0.6 is 22.7 Å². The van der Waals surface area contributed by atoms with Crippen LogP contribution < -0.4 is 5.32 Å². The average molecular weight is 412 g/mol. The van der Waals surface area contributed by atoms with Gasteiger partial charge in [-0.15, -0.1) is 11.3 Å². The highest BCUT2D eigenvalue weighted by Gasteiger charge is 2.25. The summed E-state index contributed by atoms with van der Waals surface area (Å²) in [4.78, 5) is 10.2. The Morgan fingerprint density at radius 2 is 1.96 bits per heavy atom. The molecule has 0 saturated carbocycles. The zero-order valence-corrected chi connectivity index (χ0v) is 17.3. The van der Waals surface area contributed by atoms with Crippen LogP contribution in [0.5, 0.6) is 0 Å². The van der Waals surface area contributed by atoms with Crippen molar-refractivity contribution in [2.24, 2.45) is 0 Å². The molecule has 3 heterocycles. The number of rotatable bonds is 7. The highest BCUT2D eigenvalue weighted by atomic mass is 32.1. The fraction of sp³-hybridized carbons (Fsp3) is 0.238. The van der Waals surface area contributed by atoms with Crippen LogP contribution in [0.1, 0.15) is 18.3 Å². The van der Waals surface area contributed by atoms with Gasteiger partial charge in [0.1, 0.15) is 22.9 Å². The molecule has 5 nitrogen and oxygen atoms in total. The van der Waals surface area contributed by atoms with Gasteiger partial charge in [-0.1, -0.05) is 30.3 Å². The highest BCUT2D eigenvalue weighted by Crippen LogP contribution is 2.37. The first-order valence-electron chi connectivity index (χ1n) is 8.90. The van der Waals surface area contributed by atoms with Crippen LogP contribution in [-0.2, 0) is 16.9 Å². The lowest BCUT2D eigenvalue weighted by Crippen LogP contribution is -2.30. The molecule has 0 aliphatic heterocycles. The van der Waals surface area contributed by atoms with Crippen molar-refractivity contribution in [1.29, 1.82) is 0 Å². The summed E-state index contributed by atoms with van der Waals surface area (Å²) in [6.45, 7) is 2.48. The lowest BCUT2D eigenvalue weighted by molar-refractivity contribution is 0.0719. The quantitative estimate of drug-likeness (QED) is 0.453. The van der Waals surface area contributed by atoms with Gasteiger partial charge in [0.05, 0.1) is 5.39 Å². The zero-order valence-electron chi connectivity index (χ0n) is 15.7. The number of hydrogen-bond acceptors (Lipinski definition) is 7. The third kappa shape index (κ3) is 3.79. The molecule has 0 amide bonds. The average Bonchev–Trinajstić information content (AvgIpc) is 3.38. The van der Waals surface area contributed by atoms with Gasteiger partial charge in [-0.3, -0.25) is 0 Å². The number of aliphatic hydroxyl groups is 1. The predicted octanol–water partition coefficient (Wildman–Crippen LogP) is 4.89. The fourth-order valence-electron chi connectivity index (χ4n) is 3.07. The Labute approximate surface area is 171 Å². The summed E-state index contributed by atoms with van der Waals surface area (Å²) in [5.41, 5.74) is 2.09. The molecule has 1 aromatic carbocycles. The molecular weight excluding hydrogens is 390 g/mol. The normalized spacial score (nSPS) is 13.5. The van der Waals surface area contributed by atoms with Gasteiger partial charge in [-0.2, -0.15) is 11.3 Å². The Bertz CT molecular complexity index is 1060. The molecule has 0 aliphatic carbocycles. The monoisotopic (exact) mass is 411 g/mol. The summed E-state index contributed by atoms with van der Waals surface area (Å²) in [5.74, 6) is 1.33. The Balaban J connectivity index is 1.75. The summed E-state index contributed by atoms with van der Waals surface area (Å²) in [6.07, 6.45) is 0. The summed E-state index contributed by atoms with van der Waals surface area (Å²) in [7, 11) is 1.63. The number of thiophene rings is 2. The molecule has 0 spiro atoms. The van der Waals surface area contributed by atoms with Gasteiger partial charge in [0, 0.05) is 24.6 Å². The molecule has 4 rings (SSSR count). The van der Waals surface area contributed by atoms with Gasteiger partial charge in [-0.05, 0) is 34.9 Å². The maximum absolute atomic E-state index is 10.9. The molecular formula is C21H21N3O2S2. The second-order valence-electron chi connectivity index (χ2n) is 6.76. The second-order valence-corrected chi connectivity index (χ2v) is 8.39. The van der Waals surface area contributed by atoms with Crippen molar-refractivity contribution < 1.29 is 9.84 Å². The number of aromatic nitrogens is 2. The van der Waals surface area contributed by atoms with E-state index in [0.717, 1.165) is 26.9 Å². The van der Waals surface area contributed by atoms with E-state index in [1.165, 1.54) is 0 Å². The minimum atomic E-state index is -0.998. The molecule has 1 unspecified atom stereocenters. The standard InChI is InChI=1S/C21H21N3O2S2/c1-21(25,15-8-9-27-11-15)13-22-19-18-16(14-6-4-3-5-7-14)12-28-20(18)24-17(23-19)10-26-2/h3-9,11-12,25H,10,13H2,1-2H3,(H,22,23,24). The number of nitrogens with one attached hydrogen (secondary N) is 1. The van der Waals surface area contributed by atoms with E-state index in [1.54, 1.807) is 29.8 Å². The van der Waals surface area contributed by atoms with Gasteiger partial charge in [0.25, 0.3) is 0 Å². The maximum Gasteiger partial charge on any atom is 0.158 e. The first-order chi connectivity index (χ1) is 13.6. The molecule has 4 aromatic rings. The van der Waals surface area contributed by atoms with Gasteiger partial charge in [0.2, 0.25) is 0 Å². The molecule has 0 bridgehead atoms. The summed E-state index contributed by atoms with van der Waals surface area (Å²) < 4.78 is 5.23. The summed E-state index contributed by atoms with van der Waals surface area (Å²) in [5, 5.41) is 21.3. The number of ether oxygens (including phenoxy) is 1. The molecule has 1 atom stereocenters. The number of nitrogens with zero attached hydrogens (tertiary/aromatic N) is 2. The third-order valence-corrected chi connectivity index (χ3v) is 6.14. The third-order valence-electron chi connectivity index (χ3n) is 4.58. The molecule has 0 radical (unpaired) electrons. The molecule has 0 saturated heterocycles. The van der Waals surface area contributed by atoms with Gasteiger partial charge in [0.15, 0.2) is 5.82 Å². The SMILES string of the molecule is COCc1nc(NCC(C)(O)c2ccsc2)c2c(-c3ccccc3)csc2n1. The molecule has 28 heavy (non-hydrogen) atoms. The van der Waals surface area contributed by atoms with E-state index in [0.29, 0.717) is 24.8 Å². The number of methoxy groups -OCH3 is 1. The van der Waals surface area contributed by atoms with Gasteiger partial charge < -0.3 is 15.2 Å². The molecule has 0 fully saturated rings. The van der Waals surface area contributed by atoms with Crippen LogP contribution in [-0.4, -0.2) is 28.7 Å². The number of fused-ring (bicyclic) bond motifs is 1. The van der Waals surface area contributed by atoms with Gasteiger partial charge in [-0.25, -0.2) is 9.97 Å². The van der Waals surface area contributed by atoms with E-state index in [4.69, 9.17) is 4.74 Å². The van der Waals surface area contributed by atoms with Crippen LogP contribution in [0.3, 0.4) is 0 Å². The smallest absolute Gasteiger partial charge is 0.158 e. The van der Waals surface area contributed by atoms with Crippen molar-refractivity contribution in [2.45, 2.75) is 19.1 Å². The zero-order chi connectivity index (χ0) is 19.6.